The van der Waals surface area contributed by atoms with Crippen molar-refractivity contribution in [2.45, 2.75) is 138 Å². The molecule has 0 saturated carbocycles. The minimum absolute atomic E-state index is 0.370. The lowest BCUT2D eigenvalue weighted by atomic mass is 10.3. The molecular weight excluding hydrogens is 994 g/mol. The van der Waals surface area contributed by atoms with Gasteiger partial charge in [0, 0.05) is 136 Å². The molecule has 0 saturated heterocycles. The molecule has 0 unspecified atom stereocenters. The third-order valence-corrected chi connectivity index (χ3v) is 31.6. The SMILES string of the molecule is CCO[Si](CCCNP1(N(C)CCCC#N)=NP(NCCC[Si](OCC)(OCC)OCC)(N(C)CCCC#N)=NP(NCCC[Si](OCC)(OCC)OCC)(N(C)CCCC#N)=N1)(OCC)OCC. The lowest BCUT2D eigenvalue weighted by Crippen LogP contribution is -2.46. The van der Waals surface area contributed by atoms with Crippen molar-refractivity contribution in [1.82, 2.24) is 29.3 Å². The first-order valence-electron chi connectivity index (χ1n) is 25.4. The third kappa shape index (κ3) is 22.3. The fourth-order valence-electron chi connectivity index (χ4n) is 7.72. The number of nitrogens with one attached hydrogen (secondary N) is 3. The molecule has 0 bridgehead atoms. The van der Waals surface area contributed by atoms with Gasteiger partial charge in [0.1, 0.15) is 0 Å². The summed E-state index contributed by atoms with van der Waals surface area (Å²) in [4.78, 5) is 0. The molecule has 1 heterocycles. The quantitative estimate of drug-likeness (QED) is 0.0292. The minimum Gasteiger partial charge on any atom is -0.374 e. The van der Waals surface area contributed by atoms with Crippen molar-refractivity contribution in [3.05, 3.63) is 0 Å². The molecular formula is C42H93N12O9P3Si3. The molecule has 69 heavy (non-hydrogen) atoms. The Balaban J connectivity index is 4.42. The second-order valence-corrected chi connectivity index (χ2v) is 32.6. The average molecular weight is 1090 g/mol. The summed E-state index contributed by atoms with van der Waals surface area (Å²) in [5, 5.41) is 41.1. The van der Waals surface area contributed by atoms with Crippen molar-refractivity contribution >= 4 is 48.9 Å². The van der Waals surface area contributed by atoms with Crippen molar-refractivity contribution in [3.8, 4) is 18.2 Å². The molecule has 0 spiro atoms. The highest BCUT2D eigenvalue weighted by Crippen LogP contribution is 2.77. The van der Waals surface area contributed by atoms with E-state index < -0.39 is 48.9 Å². The van der Waals surface area contributed by atoms with E-state index in [4.69, 9.17) is 53.4 Å². The Morgan fingerprint density at radius 3 is 0.754 bits per heavy atom. The van der Waals surface area contributed by atoms with Crippen LogP contribution in [-0.4, -0.2) is 160 Å². The van der Waals surface area contributed by atoms with E-state index in [0.29, 0.717) is 175 Å². The predicted molar refractivity (Wildman–Crippen MR) is 285 cm³/mol. The van der Waals surface area contributed by atoms with E-state index >= 15 is 0 Å². The van der Waals surface area contributed by atoms with Gasteiger partial charge in [-0.2, -0.15) is 29.3 Å². The fraction of sp³-hybridized carbons (Fsp3) is 0.929. The number of rotatable bonds is 45. The van der Waals surface area contributed by atoms with E-state index in [9.17, 15) is 15.8 Å². The van der Waals surface area contributed by atoms with E-state index in [1.807, 2.05) is 83.5 Å². The topological polar surface area (TPSA) is 237 Å². The molecule has 21 nitrogen and oxygen atoms in total. The Kier molecular flexibility index (Phi) is 35.5. The number of nitrogens with zero attached hydrogens (tertiary/aromatic N) is 9. The minimum atomic E-state index is -3.15. The van der Waals surface area contributed by atoms with E-state index in [1.165, 1.54) is 0 Å². The third-order valence-electron chi connectivity index (χ3n) is 10.7. The Hall–Kier alpha value is -0.789. The van der Waals surface area contributed by atoms with Gasteiger partial charge in [-0.1, -0.05) is 0 Å². The van der Waals surface area contributed by atoms with Crippen molar-refractivity contribution in [2.75, 3.05) is 120 Å². The lowest BCUT2D eigenvalue weighted by Gasteiger charge is -2.45. The molecule has 1 aliphatic heterocycles. The summed E-state index contributed by atoms with van der Waals surface area (Å²) in [6, 6.07) is 8.76. The van der Waals surface area contributed by atoms with Gasteiger partial charge in [-0.15, -0.1) is 0 Å². The normalized spacial score (nSPS) is 19.8. The van der Waals surface area contributed by atoms with Gasteiger partial charge in [-0.3, -0.25) is 15.3 Å². The van der Waals surface area contributed by atoms with E-state index in [1.54, 1.807) is 0 Å². The summed E-state index contributed by atoms with van der Waals surface area (Å²) in [7, 11) is -12.3. The molecule has 27 heteroatoms. The van der Waals surface area contributed by atoms with Gasteiger partial charge in [0.05, 0.1) is 18.2 Å². The second kappa shape index (κ2) is 37.0. The van der Waals surface area contributed by atoms with Gasteiger partial charge in [-0.05, 0) is 122 Å². The van der Waals surface area contributed by atoms with Gasteiger partial charge in [-0.25, -0.2) is 14.0 Å². The van der Waals surface area contributed by atoms with Crippen LogP contribution in [0.15, 0.2) is 13.5 Å². The largest absolute Gasteiger partial charge is 0.500 e. The van der Waals surface area contributed by atoms with Crippen molar-refractivity contribution < 1.29 is 39.8 Å². The molecule has 0 aromatic heterocycles. The maximum Gasteiger partial charge on any atom is 0.500 e. The standard InChI is InChI=1S/C42H93N12O9P3Si3/c1-13-55-67(56-14-2,57-15-3)40-28-34-46-64(52(10)37-25-22-31-43)49-65(53(11)38-26-23-32-44,47-35-29-41-68(58-16-4,59-17-5)60-18-6)51-66(50-64,54(12)39-27-24-33-45)48-36-30-42-69(61-19-7,62-20-8)63-21-9/h46-48H,13-30,34-42H2,1-12H3. The van der Waals surface area contributed by atoms with Crippen molar-refractivity contribution in [1.29, 1.82) is 15.8 Å². The summed E-state index contributed by atoms with van der Waals surface area (Å²) >= 11 is 0. The molecule has 0 radical (unpaired) electrons. The summed E-state index contributed by atoms with van der Waals surface area (Å²) in [5.74, 6) is 0. The summed E-state index contributed by atoms with van der Waals surface area (Å²) in [6.07, 6.45) is 4.92. The molecule has 0 aromatic rings. The predicted octanol–water partition coefficient (Wildman–Crippen LogP) is 9.63. The first-order valence-corrected chi connectivity index (χ1v) is 36.2. The second-order valence-electron chi connectivity index (χ2n) is 15.9. The Bertz CT molecular complexity index is 1460. The van der Waals surface area contributed by atoms with Gasteiger partial charge in [0.15, 0.2) is 0 Å². The molecule has 0 aliphatic carbocycles. The molecule has 0 amide bonds. The Morgan fingerprint density at radius 1 is 0.377 bits per heavy atom. The number of nitriles is 3. The van der Waals surface area contributed by atoms with Gasteiger partial charge in [0.2, 0.25) is 22.5 Å². The molecule has 0 aromatic carbocycles. The number of hydrogen-bond acceptors (Lipinski definition) is 21. The highest BCUT2D eigenvalue weighted by Gasteiger charge is 2.46. The first-order chi connectivity index (χ1) is 33.2. The summed E-state index contributed by atoms with van der Waals surface area (Å²) < 4.78 is 80.9. The molecule has 1 aliphatic rings. The zero-order chi connectivity index (χ0) is 51.6. The number of unbranched alkanes of at least 4 members (excludes halogenated alkanes) is 3. The zero-order valence-corrected chi connectivity index (χ0v) is 50.3. The monoisotopic (exact) mass is 1090 g/mol. The molecule has 3 N–H and O–H groups in total. The van der Waals surface area contributed by atoms with Crippen LogP contribution < -0.4 is 15.3 Å². The average Bonchev–Trinajstić information content (AvgIpc) is 3.31. The van der Waals surface area contributed by atoms with Crippen LogP contribution >= 0.6 is 22.5 Å². The van der Waals surface area contributed by atoms with Gasteiger partial charge in [0.25, 0.3) is 0 Å². The Labute approximate surface area is 422 Å². The van der Waals surface area contributed by atoms with E-state index in [0.717, 1.165) is 0 Å². The van der Waals surface area contributed by atoms with Crippen LogP contribution in [0.3, 0.4) is 0 Å². The molecule has 1 rings (SSSR count). The highest BCUT2D eigenvalue weighted by atomic mass is 31.3. The van der Waals surface area contributed by atoms with Crippen LogP contribution in [0.5, 0.6) is 0 Å². The van der Waals surface area contributed by atoms with Crippen LogP contribution in [0.25, 0.3) is 0 Å². The van der Waals surface area contributed by atoms with Crippen molar-refractivity contribution in [2.24, 2.45) is 13.5 Å². The van der Waals surface area contributed by atoms with Crippen molar-refractivity contribution in [3.63, 3.8) is 0 Å². The number of hydrogen-bond donors (Lipinski definition) is 3. The fourth-order valence-corrected chi connectivity index (χ4v) is 29.3. The summed E-state index contributed by atoms with van der Waals surface area (Å²) in [5.41, 5.74) is 0. The van der Waals surface area contributed by atoms with E-state index in [2.05, 4.69) is 47.5 Å². The molecule has 0 atom stereocenters. The van der Waals surface area contributed by atoms with Crippen LogP contribution in [-0.2, 0) is 39.8 Å². The van der Waals surface area contributed by atoms with Crippen LogP contribution in [0, 0.1) is 34.0 Å². The maximum absolute atomic E-state index is 9.72. The summed E-state index contributed by atoms with van der Waals surface area (Å²) in [6.45, 7) is 25.1. The van der Waals surface area contributed by atoms with Gasteiger partial charge >= 0.3 is 26.4 Å². The smallest absolute Gasteiger partial charge is 0.374 e. The van der Waals surface area contributed by atoms with Crippen LogP contribution in [0.4, 0.5) is 0 Å². The highest BCUT2D eigenvalue weighted by molar-refractivity contribution is 7.83. The lowest BCUT2D eigenvalue weighted by molar-refractivity contribution is 0.0701. The maximum atomic E-state index is 9.72. The van der Waals surface area contributed by atoms with Crippen LogP contribution in [0.2, 0.25) is 18.1 Å². The Morgan fingerprint density at radius 2 is 0.580 bits per heavy atom. The molecule has 0 fully saturated rings. The van der Waals surface area contributed by atoms with Crippen LogP contribution in [0.1, 0.15) is 120 Å². The molecule has 402 valence electrons. The zero-order valence-electron chi connectivity index (χ0n) is 44.6. The van der Waals surface area contributed by atoms with E-state index in [-0.39, 0.29) is 0 Å². The first kappa shape index (κ1) is 66.2. The van der Waals surface area contributed by atoms with Gasteiger partial charge < -0.3 is 39.8 Å².